The van der Waals surface area contributed by atoms with E-state index in [0.29, 0.717) is 26.2 Å². The summed E-state index contributed by atoms with van der Waals surface area (Å²) in [5, 5.41) is -0.228. The molecule has 0 N–H and O–H groups in total. The van der Waals surface area contributed by atoms with Crippen LogP contribution in [0.5, 0.6) is 0 Å². The van der Waals surface area contributed by atoms with Crippen molar-refractivity contribution >= 4 is 16.1 Å². The lowest BCUT2D eigenvalue weighted by atomic mass is 10.2. The Balaban J connectivity index is 1.48. The Morgan fingerprint density at radius 3 is 2.29 bits per heavy atom. The number of piperazine rings is 1. The van der Waals surface area contributed by atoms with Crippen LogP contribution >= 0.6 is 0 Å². The van der Waals surface area contributed by atoms with Crippen LogP contribution in [-0.4, -0.2) is 55.1 Å². The highest BCUT2D eigenvalue weighted by atomic mass is 32.2. The highest BCUT2D eigenvalue weighted by molar-refractivity contribution is 7.89. The first-order chi connectivity index (χ1) is 11.6. The summed E-state index contributed by atoms with van der Waals surface area (Å²) in [6, 6.07) is 9.51. The number of carbonyl (C=O) groups excluding carboxylic acids is 1. The summed E-state index contributed by atoms with van der Waals surface area (Å²) in [5.74, 6) is 0. The Bertz CT molecular complexity index is 648. The van der Waals surface area contributed by atoms with Gasteiger partial charge in [-0.1, -0.05) is 43.2 Å². The SMILES string of the molecule is O=C(OCc1ccccc1)N1CCN(S(=O)(=O)C2CCCC2)CC1. The van der Waals surface area contributed by atoms with Crippen molar-refractivity contribution in [1.29, 1.82) is 0 Å². The Morgan fingerprint density at radius 1 is 1.04 bits per heavy atom. The van der Waals surface area contributed by atoms with Crippen LogP contribution in [0.2, 0.25) is 0 Å². The first-order valence-corrected chi connectivity index (χ1v) is 10.0. The van der Waals surface area contributed by atoms with E-state index in [9.17, 15) is 13.2 Å². The molecular formula is C17H24N2O4S. The Kier molecular flexibility index (Phi) is 5.40. The molecule has 1 heterocycles. The minimum absolute atomic E-state index is 0.228. The summed E-state index contributed by atoms with van der Waals surface area (Å²) >= 11 is 0. The number of benzene rings is 1. The maximum Gasteiger partial charge on any atom is 0.410 e. The molecule has 1 aromatic rings. The molecule has 6 nitrogen and oxygen atoms in total. The predicted octanol–water partition coefficient (Wildman–Crippen LogP) is 2.21. The molecule has 1 aliphatic carbocycles. The predicted molar refractivity (Wildman–Crippen MR) is 90.9 cm³/mol. The fourth-order valence-corrected chi connectivity index (χ4v) is 5.36. The van der Waals surface area contributed by atoms with Gasteiger partial charge in [0.1, 0.15) is 6.61 Å². The van der Waals surface area contributed by atoms with Gasteiger partial charge >= 0.3 is 6.09 Å². The number of amides is 1. The van der Waals surface area contributed by atoms with Gasteiger partial charge in [-0.3, -0.25) is 0 Å². The topological polar surface area (TPSA) is 66.9 Å². The van der Waals surface area contributed by atoms with Crippen molar-refractivity contribution in [1.82, 2.24) is 9.21 Å². The third kappa shape index (κ3) is 3.89. The lowest BCUT2D eigenvalue weighted by Crippen LogP contribution is -2.52. The first kappa shape index (κ1) is 17.2. The van der Waals surface area contributed by atoms with E-state index in [1.165, 1.54) is 0 Å². The molecule has 3 rings (SSSR count). The second-order valence-corrected chi connectivity index (χ2v) is 8.59. The fourth-order valence-electron chi connectivity index (χ4n) is 3.33. The summed E-state index contributed by atoms with van der Waals surface area (Å²) in [7, 11) is -3.21. The highest BCUT2D eigenvalue weighted by Gasteiger charge is 2.36. The Morgan fingerprint density at radius 2 is 1.67 bits per heavy atom. The maximum absolute atomic E-state index is 12.6. The minimum atomic E-state index is -3.21. The number of carbonyl (C=O) groups is 1. The molecule has 0 spiro atoms. The van der Waals surface area contributed by atoms with Crippen LogP contribution in [0.25, 0.3) is 0 Å². The van der Waals surface area contributed by atoms with Crippen LogP contribution in [-0.2, 0) is 21.4 Å². The molecule has 7 heteroatoms. The van der Waals surface area contributed by atoms with E-state index >= 15 is 0 Å². The lowest BCUT2D eigenvalue weighted by molar-refractivity contribution is 0.0837. The van der Waals surface area contributed by atoms with Crippen molar-refractivity contribution in [3.63, 3.8) is 0 Å². The average Bonchev–Trinajstić information content (AvgIpc) is 3.16. The van der Waals surface area contributed by atoms with Crippen molar-refractivity contribution < 1.29 is 17.9 Å². The van der Waals surface area contributed by atoms with Crippen LogP contribution in [0.15, 0.2) is 30.3 Å². The molecule has 0 atom stereocenters. The van der Waals surface area contributed by atoms with Crippen LogP contribution in [0.4, 0.5) is 4.79 Å². The summed E-state index contributed by atoms with van der Waals surface area (Å²) < 4.78 is 32.0. The Hall–Kier alpha value is -1.60. The van der Waals surface area contributed by atoms with Crippen molar-refractivity contribution in [3.05, 3.63) is 35.9 Å². The summed E-state index contributed by atoms with van der Waals surface area (Å²) in [4.78, 5) is 13.7. The second kappa shape index (κ2) is 7.53. The van der Waals surface area contributed by atoms with Crippen molar-refractivity contribution in [2.45, 2.75) is 37.5 Å². The normalized spacial score (nSPS) is 20.2. The van der Waals surface area contributed by atoms with Crippen LogP contribution in [0.3, 0.4) is 0 Å². The molecule has 0 aromatic heterocycles. The molecule has 24 heavy (non-hydrogen) atoms. The number of nitrogens with zero attached hydrogens (tertiary/aromatic N) is 2. The van der Waals surface area contributed by atoms with Gasteiger partial charge in [-0.25, -0.2) is 13.2 Å². The summed E-state index contributed by atoms with van der Waals surface area (Å²) in [5.41, 5.74) is 0.938. The third-order valence-corrected chi connectivity index (χ3v) is 7.18. The van der Waals surface area contributed by atoms with Gasteiger partial charge in [0.25, 0.3) is 0 Å². The quantitative estimate of drug-likeness (QED) is 0.833. The molecule has 1 aliphatic heterocycles. The van der Waals surface area contributed by atoms with E-state index in [4.69, 9.17) is 4.74 Å². The molecule has 1 saturated heterocycles. The number of ether oxygens (including phenoxy) is 1. The van der Waals surface area contributed by atoms with Gasteiger partial charge in [0.2, 0.25) is 10.0 Å². The molecule has 2 fully saturated rings. The molecular weight excluding hydrogens is 328 g/mol. The molecule has 1 amide bonds. The number of hydrogen-bond acceptors (Lipinski definition) is 4. The molecule has 1 saturated carbocycles. The van der Waals surface area contributed by atoms with E-state index in [2.05, 4.69) is 0 Å². The monoisotopic (exact) mass is 352 g/mol. The largest absolute Gasteiger partial charge is 0.445 e. The first-order valence-electron chi connectivity index (χ1n) is 8.52. The van der Waals surface area contributed by atoms with Gasteiger partial charge in [0.15, 0.2) is 0 Å². The van der Waals surface area contributed by atoms with E-state index in [1.54, 1.807) is 9.21 Å². The molecule has 0 radical (unpaired) electrons. The van der Waals surface area contributed by atoms with E-state index in [0.717, 1.165) is 31.2 Å². The van der Waals surface area contributed by atoms with Gasteiger partial charge in [-0.2, -0.15) is 4.31 Å². The smallest absolute Gasteiger partial charge is 0.410 e. The van der Waals surface area contributed by atoms with Crippen molar-refractivity contribution in [3.8, 4) is 0 Å². The van der Waals surface area contributed by atoms with Gasteiger partial charge in [-0.05, 0) is 18.4 Å². The maximum atomic E-state index is 12.6. The average molecular weight is 352 g/mol. The van der Waals surface area contributed by atoms with Crippen LogP contribution in [0, 0.1) is 0 Å². The number of hydrogen-bond donors (Lipinski definition) is 0. The van der Waals surface area contributed by atoms with Gasteiger partial charge in [0, 0.05) is 26.2 Å². The summed E-state index contributed by atoms with van der Waals surface area (Å²) in [6.07, 6.45) is 3.14. The molecule has 1 aromatic carbocycles. The molecule has 2 aliphatic rings. The summed E-state index contributed by atoms with van der Waals surface area (Å²) in [6.45, 7) is 1.73. The van der Waals surface area contributed by atoms with Gasteiger partial charge in [0.05, 0.1) is 5.25 Å². The van der Waals surface area contributed by atoms with Gasteiger partial charge in [-0.15, -0.1) is 0 Å². The molecule has 0 bridgehead atoms. The zero-order valence-electron chi connectivity index (χ0n) is 13.8. The van der Waals surface area contributed by atoms with E-state index < -0.39 is 10.0 Å². The lowest BCUT2D eigenvalue weighted by Gasteiger charge is -2.34. The zero-order valence-corrected chi connectivity index (χ0v) is 14.6. The van der Waals surface area contributed by atoms with Gasteiger partial charge < -0.3 is 9.64 Å². The highest BCUT2D eigenvalue weighted by Crippen LogP contribution is 2.27. The third-order valence-electron chi connectivity index (χ3n) is 4.79. The van der Waals surface area contributed by atoms with Crippen LogP contribution in [0.1, 0.15) is 31.2 Å². The second-order valence-electron chi connectivity index (χ2n) is 6.38. The minimum Gasteiger partial charge on any atom is -0.445 e. The van der Waals surface area contributed by atoms with E-state index in [-0.39, 0.29) is 18.0 Å². The van der Waals surface area contributed by atoms with Crippen LogP contribution < -0.4 is 0 Å². The molecule has 0 unspecified atom stereocenters. The fraction of sp³-hybridized carbons (Fsp3) is 0.588. The van der Waals surface area contributed by atoms with Crippen molar-refractivity contribution in [2.75, 3.05) is 26.2 Å². The Labute approximate surface area is 143 Å². The molecule has 132 valence electrons. The standard InChI is InChI=1S/C17H24N2O4S/c20-17(23-14-15-6-2-1-3-7-15)18-10-12-19(13-11-18)24(21,22)16-8-4-5-9-16/h1-3,6-7,16H,4-5,8-14H2. The number of sulfonamides is 1. The zero-order chi connectivity index (χ0) is 17.0. The van der Waals surface area contributed by atoms with E-state index in [1.807, 2.05) is 30.3 Å². The van der Waals surface area contributed by atoms with Crippen molar-refractivity contribution in [2.24, 2.45) is 0 Å². The number of rotatable bonds is 4.